The van der Waals surface area contributed by atoms with Gasteiger partial charge in [-0.3, -0.25) is 0 Å². The van der Waals surface area contributed by atoms with Gasteiger partial charge in [0.25, 0.3) is 0 Å². The molecule has 0 unspecified atom stereocenters. The molecule has 8 heteroatoms. The highest BCUT2D eigenvalue weighted by molar-refractivity contribution is 8.00. The van der Waals surface area contributed by atoms with Crippen LogP contribution in [0.3, 0.4) is 0 Å². The SMILES string of the molecule is N#Cc1ccc(Cl)cc1N1CCOc2cc(SNc3nccs3)ccc21. The molecule has 0 aliphatic carbocycles. The molecule has 1 aliphatic rings. The summed E-state index contributed by atoms with van der Waals surface area (Å²) in [5, 5.41) is 12.8. The van der Waals surface area contributed by atoms with Crippen LogP contribution in [-0.4, -0.2) is 18.1 Å². The summed E-state index contributed by atoms with van der Waals surface area (Å²) in [7, 11) is 0. The number of fused-ring (bicyclic) bond motifs is 1. The number of aromatic nitrogens is 1. The topological polar surface area (TPSA) is 61.2 Å². The van der Waals surface area contributed by atoms with Crippen LogP contribution in [0.4, 0.5) is 16.5 Å². The molecule has 0 bridgehead atoms. The van der Waals surface area contributed by atoms with Crippen molar-refractivity contribution < 1.29 is 4.74 Å². The number of anilines is 3. The number of nitriles is 1. The molecule has 3 aromatic rings. The van der Waals surface area contributed by atoms with Gasteiger partial charge in [-0.05, 0) is 48.3 Å². The van der Waals surface area contributed by atoms with Crippen molar-refractivity contribution in [3.05, 3.63) is 58.6 Å². The van der Waals surface area contributed by atoms with Gasteiger partial charge in [0.05, 0.1) is 23.5 Å². The molecule has 2 heterocycles. The van der Waals surface area contributed by atoms with Gasteiger partial charge in [-0.15, -0.1) is 11.3 Å². The second-order valence-electron chi connectivity index (χ2n) is 5.44. The molecule has 0 spiro atoms. The number of hydrogen-bond acceptors (Lipinski definition) is 7. The van der Waals surface area contributed by atoms with E-state index in [1.165, 1.54) is 11.9 Å². The van der Waals surface area contributed by atoms with Gasteiger partial charge in [-0.1, -0.05) is 11.6 Å². The lowest BCUT2D eigenvalue weighted by Crippen LogP contribution is -2.29. The van der Waals surface area contributed by atoms with Crippen molar-refractivity contribution in [2.75, 3.05) is 22.8 Å². The summed E-state index contributed by atoms with van der Waals surface area (Å²) in [6.07, 6.45) is 1.76. The highest BCUT2D eigenvalue weighted by Gasteiger charge is 2.22. The average molecular weight is 401 g/mol. The Morgan fingerprint density at radius 2 is 2.19 bits per heavy atom. The zero-order chi connectivity index (χ0) is 17.9. The molecule has 0 radical (unpaired) electrons. The second kappa shape index (κ2) is 7.46. The summed E-state index contributed by atoms with van der Waals surface area (Å²) < 4.78 is 9.06. The summed E-state index contributed by atoms with van der Waals surface area (Å²) in [6, 6.07) is 13.5. The number of hydrogen-bond donors (Lipinski definition) is 1. The number of halogens is 1. The van der Waals surface area contributed by atoms with E-state index in [2.05, 4.69) is 20.7 Å². The zero-order valence-corrected chi connectivity index (χ0v) is 15.9. The molecule has 0 saturated carbocycles. The Kier molecular flexibility index (Phi) is 4.89. The van der Waals surface area contributed by atoms with Gasteiger partial charge in [0, 0.05) is 21.5 Å². The second-order valence-corrected chi connectivity index (χ2v) is 7.65. The van der Waals surface area contributed by atoms with Crippen molar-refractivity contribution in [1.82, 2.24) is 4.98 Å². The molecule has 2 aromatic carbocycles. The maximum absolute atomic E-state index is 9.42. The summed E-state index contributed by atoms with van der Waals surface area (Å²) in [5.74, 6) is 0.783. The number of nitrogens with one attached hydrogen (secondary N) is 1. The molecule has 4 rings (SSSR count). The van der Waals surface area contributed by atoms with Crippen LogP contribution in [0.5, 0.6) is 5.75 Å². The molecule has 1 N–H and O–H groups in total. The molecular weight excluding hydrogens is 388 g/mol. The van der Waals surface area contributed by atoms with Crippen LogP contribution in [-0.2, 0) is 0 Å². The van der Waals surface area contributed by atoms with Gasteiger partial charge < -0.3 is 14.4 Å². The highest BCUT2D eigenvalue weighted by Crippen LogP contribution is 2.40. The summed E-state index contributed by atoms with van der Waals surface area (Å²) >= 11 is 9.18. The molecule has 5 nitrogen and oxygen atoms in total. The van der Waals surface area contributed by atoms with E-state index in [1.807, 2.05) is 29.6 Å². The number of nitrogens with zero attached hydrogens (tertiary/aromatic N) is 3. The van der Waals surface area contributed by atoms with Gasteiger partial charge in [0.1, 0.15) is 18.4 Å². The molecule has 0 amide bonds. The minimum absolute atomic E-state index is 0.540. The predicted octanol–water partition coefficient (Wildman–Crippen LogP) is 5.32. The molecule has 0 saturated heterocycles. The lowest BCUT2D eigenvalue weighted by atomic mass is 10.1. The van der Waals surface area contributed by atoms with Gasteiger partial charge in [0.15, 0.2) is 5.13 Å². The molecule has 26 heavy (non-hydrogen) atoms. The van der Waals surface area contributed by atoms with Crippen molar-refractivity contribution >= 4 is 51.4 Å². The van der Waals surface area contributed by atoms with Crippen LogP contribution in [0, 0.1) is 11.3 Å². The van der Waals surface area contributed by atoms with Crippen LogP contribution in [0.25, 0.3) is 0 Å². The highest BCUT2D eigenvalue weighted by atomic mass is 35.5. The van der Waals surface area contributed by atoms with Gasteiger partial charge >= 0.3 is 0 Å². The van der Waals surface area contributed by atoms with Crippen LogP contribution in [0.2, 0.25) is 5.02 Å². The van der Waals surface area contributed by atoms with E-state index in [9.17, 15) is 5.26 Å². The monoisotopic (exact) mass is 400 g/mol. The Morgan fingerprint density at radius 3 is 3.00 bits per heavy atom. The molecule has 130 valence electrons. The minimum atomic E-state index is 0.540. The molecular formula is C18H13ClN4OS2. The fraction of sp³-hybridized carbons (Fsp3) is 0.111. The van der Waals surface area contributed by atoms with E-state index in [1.54, 1.807) is 29.7 Å². The Balaban J connectivity index is 1.63. The first-order valence-electron chi connectivity index (χ1n) is 7.81. The van der Waals surface area contributed by atoms with Gasteiger partial charge in [-0.2, -0.15) is 5.26 Å². The summed E-state index contributed by atoms with van der Waals surface area (Å²) in [5.41, 5.74) is 2.31. The zero-order valence-electron chi connectivity index (χ0n) is 13.5. The van der Waals surface area contributed by atoms with Crippen molar-refractivity contribution in [3.8, 4) is 11.8 Å². The maximum Gasteiger partial charge on any atom is 0.192 e. The van der Waals surface area contributed by atoms with Crippen LogP contribution in [0.1, 0.15) is 5.56 Å². The lowest BCUT2D eigenvalue weighted by molar-refractivity contribution is 0.313. The van der Waals surface area contributed by atoms with Crippen molar-refractivity contribution in [1.29, 1.82) is 5.26 Å². The van der Waals surface area contributed by atoms with Crippen molar-refractivity contribution in [2.24, 2.45) is 0 Å². The number of thiazole rings is 1. The van der Waals surface area contributed by atoms with E-state index in [4.69, 9.17) is 16.3 Å². The smallest absolute Gasteiger partial charge is 0.192 e. The molecule has 0 atom stereocenters. The Hall–Kier alpha value is -2.40. The molecule has 0 fully saturated rings. The fourth-order valence-corrected chi connectivity index (χ4v) is 4.13. The minimum Gasteiger partial charge on any atom is -0.489 e. The average Bonchev–Trinajstić information content (AvgIpc) is 3.19. The van der Waals surface area contributed by atoms with Crippen LogP contribution < -0.4 is 14.4 Å². The van der Waals surface area contributed by atoms with Crippen LogP contribution >= 0.6 is 34.9 Å². The third kappa shape index (κ3) is 3.44. The Bertz CT molecular complexity index is 972. The Morgan fingerprint density at radius 1 is 1.27 bits per heavy atom. The maximum atomic E-state index is 9.42. The first-order valence-corrected chi connectivity index (χ1v) is 9.88. The summed E-state index contributed by atoms with van der Waals surface area (Å²) in [6.45, 7) is 1.20. The van der Waals surface area contributed by atoms with E-state index in [0.29, 0.717) is 23.7 Å². The van der Waals surface area contributed by atoms with Gasteiger partial charge in [-0.25, -0.2) is 4.98 Å². The van der Waals surface area contributed by atoms with E-state index < -0.39 is 0 Å². The third-order valence-corrected chi connectivity index (χ3v) is 5.69. The van der Waals surface area contributed by atoms with E-state index >= 15 is 0 Å². The quantitative estimate of drug-likeness (QED) is 0.598. The molecule has 1 aromatic heterocycles. The number of benzene rings is 2. The van der Waals surface area contributed by atoms with Crippen LogP contribution in [0.15, 0.2) is 52.9 Å². The Labute approximate surface area is 164 Å². The third-order valence-electron chi connectivity index (χ3n) is 3.85. The van der Waals surface area contributed by atoms with Crippen molar-refractivity contribution in [2.45, 2.75) is 4.90 Å². The largest absolute Gasteiger partial charge is 0.489 e. The first kappa shape index (κ1) is 17.0. The number of rotatable bonds is 4. The normalized spacial score (nSPS) is 12.8. The summed E-state index contributed by atoms with van der Waals surface area (Å²) in [4.78, 5) is 7.30. The first-order chi connectivity index (χ1) is 12.7. The van der Waals surface area contributed by atoms with Gasteiger partial charge in [0.2, 0.25) is 0 Å². The fourth-order valence-electron chi connectivity index (χ4n) is 2.71. The lowest BCUT2D eigenvalue weighted by Gasteiger charge is -2.32. The van der Waals surface area contributed by atoms with E-state index in [0.717, 1.165) is 27.2 Å². The number of ether oxygens (including phenoxy) is 1. The van der Waals surface area contributed by atoms with E-state index in [-0.39, 0.29) is 0 Å². The molecule has 1 aliphatic heterocycles. The standard InChI is InChI=1S/C18H13ClN4OS2/c19-13-2-1-12(11-20)16(9-13)23-6-7-24-17-10-14(3-4-15(17)23)26-22-18-21-5-8-25-18/h1-5,8-10H,6-7H2,(H,21,22). The van der Waals surface area contributed by atoms with Crippen molar-refractivity contribution in [3.63, 3.8) is 0 Å². The predicted molar refractivity (Wildman–Crippen MR) is 107 cm³/mol.